The molecule has 0 aromatic heterocycles. The van der Waals surface area contributed by atoms with Gasteiger partial charge >= 0.3 is 0 Å². The van der Waals surface area contributed by atoms with E-state index in [4.69, 9.17) is 5.26 Å². The summed E-state index contributed by atoms with van der Waals surface area (Å²) >= 11 is 0. The number of hydrogen-bond donors (Lipinski definition) is 0. The molecular formula is C9H15N. The average molecular weight is 137 g/mol. The second-order valence-electron chi connectivity index (χ2n) is 3.71. The minimum atomic E-state index is 0.411. The van der Waals surface area contributed by atoms with Gasteiger partial charge in [0.25, 0.3) is 0 Å². The molecule has 0 spiro atoms. The van der Waals surface area contributed by atoms with Gasteiger partial charge in [0.05, 0.1) is 6.07 Å². The third-order valence-electron chi connectivity index (χ3n) is 3.01. The number of rotatable bonds is 2. The highest BCUT2D eigenvalue weighted by molar-refractivity contribution is 4.96. The second kappa shape index (κ2) is 2.62. The molecule has 0 aromatic carbocycles. The molecule has 56 valence electrons. The van der Waals surface area contributed by atoms with Crippen LogP contribution in [0.25, 0.3) is 0 Å². The van der Waals surface area contributed by atoms with Crippen molar-refractivity contribution >= 4 is 0 Å². The molecule has 0 atom stereocenters. The molecule has 0 bridgehead atoms. The smallest absolute Gasteiger partial charge is 0.0627 e. The van der Waals surface area contributed by atoms with E-state index in [-0.39, 0.29) is 0 Å². The highest BCUT2D eigenvalue weighted by atomic mass is 14.4. The first kappa shape index (κ1) is 7.60. The van der Waals surface area contributed by atoms with E-state index in [1.165, 1.54) is 19.3 Å². The summed E-state index contributed by atoms with van der Waals surface area (Å²) in [6.45, 7) is 4.47. The van der Waals surface area contributed by atoms with Gasteiger partial charge in [-0.3, -0.25) is 0 Å². The van der Waals surface area contributed by atoms with Gasteiger partial charge in [-0.1, -0.05) is 20.3 Å². The lowest BCUT2D eigenvalue weighted by Crippen LogP contribution is -2.34. The maximum Gasteiger partial charge on any atom is 0.0627 e. The van der Waals surface area contributed by atoms with Crippen molar-refractivity contribution in [2.24, 2.45) is 11.3 Å². The summed E-state index contributed by atoms with van der Waals surface area (Å²) in [5.41, 5.74) is 0.411. The molecule has 1 rings (SSSR count). The zero-order valence-electron chi connectivity index (χ0n) is 6.85. The van der Waals surface area contributed by atoms with Crippen LogP contribution in [-0.2, 0) is 0 Å². The number of nitriles is 1. The first-order valence-corrected chi connectivity index (χ1v) is 4.08. The Morgan fingerprint density at radius 1 is 1.50 bits per heavy atom. The van der Waals surface area contributed by atoms with E-state index in [0.717, 1.165) is 6.42 Å². The molecule has 0 amide bonds. The Morgan fingerprint density at radius 3 is 2.20 bits per heavy atom. The van der Waals surface area contributed by atoms with E-state index in [2.05, 4.69) is 19.9 Å². The van der Waals surface area contributed by atoms with E-state index >= 15 is 0 Å². The normalized spacial score (nSPS) is 21.8. The Labute approximate surface area is 63.0 Å². The maximum atomic E-state index is 8.57. The van der Waals surface area contributed by atoms with Gasteiger partial charge < -0.3 is 0 Å². The summed E-state index contributed by atoms with van der Waals surface area (Å²) < 4.78 is 0. The van der Waals surface area contributed by atoms with Gasteiger partial charge in [0.1, 0.15) is 0 Å². The van der Waals surface area contributed by atoms with Gasteiger partial charge in [-0.15, -0.1) is 0 Å². The molecule has 1 aliphatic carbocycles. The average Bonchev–Trinajstić information content (AvgIpc) is 1.77. The number of hydrogen-bond acceptors (Lipinski definition) is 1. The summed E-state index contributed by atoms with van der Waals surface area (Å²) in [4.78, 5) is 0. The fourth-order valence-electron chi connectivity index (χ4n) is 1.75. The summed E-state index contributed by atoms with van der Waals surface area (Å²) in [6.07, 6.45) is 4.65. The Kier molecular flexibility index (Phi) is 1.99. The predicted octanol–water partition coefficient (Wildman–Crippen LogP) is 2.73. The van der Waals surface area contributed by atoms with Crippen molar-refractivity contribution in [1.82, 2.24) is 0 Å². The van der Waals surface area contributed by atoms with Crippen molar-refractivity contribution in [2.45, 2.75) is 39.5 Å². The Morgan fingerprint density at radius 2 is 2.10 bits per heavy atom. The van der Waals surface area contributed by atoms with Crippen LogP contribution in [0.2, 0.25) is 0 Å². The van der Waals surface area contributed by atoms with Crippen LogP contribution >= 0.6 is 0 Å². The molecule has 1 fully saturated rings. The largest absolute Gasteiger partial charge is 0.198 e. The highest BCUT2D eigenvalue weighted by Gasteiger charge is 2.39. The summed E-state index contributed by atoms with van der Waals surface area (Å²) in [6, 6.07) is 2.29. The van der Waals surface area contributed by atoms with Crippen molar-refractivity contribution < 1.29 is 0 Å². The highest BCUT2D eigenvalue weighted by Crippen LogP contribution is 2.49. The van der Waals surface area contributed by atoms with Crippen molar-refractivity contribution in [2.75, 3.05) is 0 Å². The monoisotopic (exact) mass is 137 g/mol. The van der Waals surface area contributed by atoms with Crippen molar-refractivity contribution in [1.29, 1.82) is 5.26 Å². The van der Waals surface area contributed by atoms with Gasteiger partial charge in [0, 0.05) is 6.42 Å². The molecule has 1 saturated carbocycles. The molecule has 0 unspecified atom stereocenters. The van der Waals surface area contributed by atoms with E-state index in [9.17, 15) is 0 Å². The van der Waals surface area contributed by atoms with E-state index in [1.807, 2.05) is 0 Å². The van der Waals surface area contributed by atoms with Gasteiger partial charge in [-0.05, 0) is 24.2 Å². The van der Waals surface area contributed by atoms with Gasteiger partial charge in [0.15, 0.2) is 0 Å². The third kappa shape index (κ3) is 1.03. The van der Waals surface area contributed by atoms with Gasteiger partial charge in [0.2, 0.25) is 0 Å². The fourth-order valence-corrected chi connectivity index (χ4v) is 1.75. The minimum absolute atomic E-state index is 0.411. The summed E-state index contributed by atoms with van der Waals surface area (Å²) in [5, 5.41) is 8.57. The molecule has 0 aliphatic heterocycles. The van der Waals surface area contributed by atoms with Crippen LogP contribution in [0.15, 0.2) is 0 Å². The fraction of sp³-hybridized carbons (Fsp3) is 0.889. The summed E-state index contributed by atoms with van der Waals surface area (Å²) in [5.74, 6) is 0.695. The van der Waals surface area contributed by atoms with Crippen LogP contribution in [0.1, 0.15) is 39.5 Å². The maximum absolute atomic E-state index is 8.57. The lowest BCUT2D eigenvalue weighted by Gasteiger charge is -2.43. The minimum Gasteiger partial charge on any atom is -0.198 e. The first-order valence-electron chi connectivity index (χ1n) is 4.08. The molecule has 0 saturated heterocycles. The zero-order valence-corrected chi connectivity index (χ0v) is 6.85. The van der Waals surface area contributed by atoms with Crippen LogP contribution in [0.5, 0.6) is 0 Å². The molecule has 0 radical (unpaired) electrons. The summed E-state index contributed by atoms with van der Waals surface area (Å²) in [7, 11) is 0. The van der Waals surface area contributed by atoms with Crippen molar-refractivity contribution in [3.8, 4) is 6.07 Å². The molecular weight excluding hydrogens is 122 g/mol. The van der Waals surface area contributed by atoms with Crippen molar-refractivity contribution in [3.05, 3.63) is 0 Å². The van der Waals surface area contributed by atoms with Crippen LogP contribution in [0, 0.1) is 22.7 Å². The van der Waals surface area contributed by atoms with Crippen molar-refractivity contribution in [3.63, 3.8) is 0 Å². The third-order valence-corrected chi connectivity index (χ3v) is 3.01. The van der Waals surface area contributed by atoms with E-state index in [0.29, 0.717) is 11.3 Å². The van der Waals surface area contributed by atoms with Crippen LogP contribution < -0.4 is 0 Å². The standard InChI is InChI=1S/C9H15N/c1-8(2)9(6-7-10)4-3-5-9/h8H,3-6H2,1-2H3. The molecule has 0 N–H and O–H groups in total. The van der Waals surface area contributed by atoms with Crippen LogP contribution in [-0.4, -0.2) is 0 Å². The molecule has 0 aromatic rings. The van der Waals surface area contributed by atoms with E-state index < -0.39 is 0 Å². The lowest BCUT2D eigenvalue weighted by molar-refractivity contribution is 0.0745. The topological polar surface area (TPSA) is 23.8 Å². The Bertz CT molecular complexity index is 149. The predicted molar refractivity (Wildman–Crippen MR) is 41.4 cm³/mol. The van der Waals surface area contributed by atoms with Crippen LogP contribution in [0.3, 0.4) is 0 Å². The molecule has 1 aliphatic rings. The SMILES string of the molecule is CC(C)C1(CC#N)CCC1. The Balaban J connectivity index is 2.52. The Hall–Kier alpha value is -0.510. The van der Waals surface area contributed by atoms with Gasteiger partial charge in [-0.25, -0.2) is 0 Å². The van der Waals surface area contributed by atoms with Crippen LogP contribution in [0.4, 0.5) is 0 Å². The van der Waals surface area contributed by atoms with E-state index in [1.54, 1.807) is 0 Å². The molecule has 1 heteroatoms. The lowest BCUT2D eigenvalue weighted by atomic mass is 9.60. The molecule has 10 heavy (non-hydrogen) atoms. The molecule has 0 heterocycles. The van der Waals surface area contributed by atoms with Gasteiger partial charge in [-0.2, -0.15) is 5.26 Å². The zero-order chi connectivity index (χ0) is 7.61. The quantitative estimate of drug-likeness (QED) is 0.574. The number of nitrogens with zero attached hydrogens (tertiary/aromatic N) is 1. The second-order valence-corrected chi connectivity index (χ2v) is 3.71. The molecule has 1 nitrogen and oxygen atoms in total. The first-order chi connectivity index (χ1) is 4.71.